The molecule has 0 radical (unpaired) electrons. The second-order valence-corrected chi connectivity index (χ2v) is 13.4. The summed E-state index contributed by atoms with van der Waals surface area (Å²) >= 11 is 6.33. The molecule has 248 valence electrons. The van der Waals surface area contributed by atoms with Gasteiger partial charge in [0.1, 0.15) is 24.2 Å². The number of aryl methyl sites for hydroxylation is 1. The van der Waals surface area contributed by atoms with Crippen LogP contribution in [0.2, 0.25) is 5.02 Å². The molecule has 0 saturated carbocycles. The summed E-state index contributed by atoms with van der Waals surface area (Å²) in [7, 11) is -3.00. The fourth-order valence-corrected chi connectivity index (χ4v) is 6.66. The summed E-state index contributed by atoms with van der Waals surface area (Å²) in [6.07, 6.45) is 1.68. The molecule has 0 bridgehead atoms. The van der Waals surface area contributed by atoms with Gasteiger partial charge in [-0.25, -0.2) is 12.8 Å². The Morgan fingerprint density at radius 1 is 0.957 bits per heavy atom. The number of unbranched alkanes of at least 4 members (excludes halogenated alkanes) is 1. The Hall–Kier alpha value is -4.41. The van der Waals surface area contributed by atoms with E-state index in [1.54, 1.807) is 24.3 Å². The van der Waals surface area contributed by atoms with Crippen LogP contribution >= 0.6 is 11.6 Å². The highest BCUT2D eigenvalue weighted by molar-refractivity contribution is 7.92. The highest BCUT2D eigenvalue weighted by Gasteiger charge is 2.36. The predicted octanol–water partition coefficient (Wildman–Crippen LogP) is 6.55. The first-order valence-electron chi connectivity index (χ1n) is 15.3. The third kappa shape index (κ3) is 9.11. The molecule has 0 heterocycles. The van der Waals surface area contributed by atoms with Crippen molar-refractivity contribution in [1.82, 2.24) is 10.2 Å². The summed E-state index contributed by atoms with van der Waals surface area (Å²) in [5.74, 6) is -1.55. The Balaban J connectivity index is 1.85. The maximum absolute atomic E-state index is 15.1. The Kier molecular flexibility index (Phi) is 12.4. The number of methoxy groups -OCH3 is 1. The number of hydrogen-bond donors (Lipinski definition) is 1. The van der Waals surface area contributed by atoms with E-state index in [0.717, 1.165) is 28.3 Å². The zero-order chi connectivity index (χ0) is 34.0. The molecule has 4 rings (SSSR count). The standard InChI is InChI=1S/C36H39ClFN3O5S/c1-4-5-21-39-36(43)33(22-27-11-7-6-8-12-27)40(24-28-13-9-10-14-31(28)38)35(42)25-41(32-23-29(37)17-20-34(32)46-3)47(44,45)30-18-15-26(2)16-19-30/h6-20,23,33H,4-5,21-22,24-25H2,1-3H3,(H,39,43)/t33-/m0/s1. The first-order valence-corrected chi connectivity index (χ1v) is 17.1. The Morgan fingerprint density at radius 3 is 2.30 bits per heavy atom. The quantitative estimate of drug-likeness (QED) is 0.144. The normalized spacial score (nSPS) is 11.9. The van der Waals surface area contributed by atoms with E-state index in [1.807, 2.05) is 44.2 Å². The molecule has 11 heteroatoms. The van der Waals surface area contributed by atoms with Crippen molar-refractivity contribution in [2.24, 2.45) is 0 Å². The molecule has 0 aliphatic heterocycles. The van der Waals surface area contributed by atoms with Gasteiger partial charge in [-0.1, -0.05) is 91.2 Å². The Bertz CT molecular complexity index is 1770. The zero-order valence-electron chi connectivity index (χ0n) is 26.7. The molecule has 0 unspecified atom stereocenters. The van der Waals surface area contributed by atoms with Crippen LogP contribution in [0.15, 0.2) is 102 Å². The number of nitrogens with zero attached hydrogens (tertiary/aromatic N) is 2. The van der Waals surface area contributed by atoms with Crippen LogP contribution < -0.4 is 14.4 Å². The van der Waals surface area contributed by atoms with Crippen LogP contribution in [-0.4, -0.2) is 51.4 Å². The minimum atomic E-state index is -4.38. The lowest BCUT2D eigenvalue weighted by Crippen LogP contribution is -2.53. The van der Waals surface area contributed by atoms with Crippen molar-refractivity contribution < 1.29 is 27.1 Å². The van der Waals surface area contributed by atoms with Gasteiger partial charge in [0.15, 0.2) is 0 Å². The van der Waals surface area contributed by atoms with Gasteiger partial charge in [0.05, 0.1) is 17.7 Å². The van der Waals surface area contributed by atoms with Gasteiger partial charge in [-0.3, -0.25) is 13.9 Å². The second kappa shape index (κ2) is 16.4. The number of sulfonamides is 1. The van der Waals surface area contributed by atoms with Crippen LogP contribution in [-0.2, 0) is 32.6 Å². The molecule has 4 aromatic carbocycles. The minimum Gasteiger partial charge on any atom is -0.495 e. The number of ether oxygens (including phenoxy) is 1. The van der Waals surface area contributed by atoms with Gasteiger partial charge in [-0.05, 0) is 55.3 Å². The van der Waals surface area contributed by atoms with E-state index in [4.69, 9.17) is 16.3 Å². The van der Waals surface area contributed by atoms with E-state index in [9.17, 15) is 18.0 Å². The van der Waals surface area contributed by atoms with E-state index in [0.29, 0.717) is 6.54 Å². The van der Waals surface area contributed by atoms with Gasteiger partial charge in [0, 0.05) is 30.1 Å². The third-order valence-electron chi connectivity index (χ3n) is 7.70. The van der Waals surface area contributed by atoms with Crippen molar-refractivity contribution in [2.75, 3.05) is 24.5 Å². The lowest BCUT2D eigenvalue weighted by molar-refractivity contribution is -0.140. The number of hydrogen-bond acceptors (Lipinski definition) is 5. The molecule has 0 spiro atoms. The van der Waals surface area contributed by atoms with Gasteiger partial charge in [0.25, 0.3) is 10.0 Å². The monoisotopic (exact) mass is 679 g/mol. The summed E-state index contributed by atoms with van der Waals surface area (Å²) in [6, 6.07) is 24.7. The first kappa shape index (κ1) is 35.4. The van der Waals surface area contributed by atoms with E-state index in [-0.39, 0.29) is 39.9 Å². The lowest BCUT2D eigenvalue weighted by Gasteiger charge is -2.34. The molecule has 47 heavy (non-hydrogen) atoms. The van der Waals surface area contributed by atoms with Crippen molar-refractivity contribution >= 4 is 39.1 Å². The van der Waals surface area contributed by atoms with Gasteiger partial charge >= 0.3 is 0 Å². The number of carbonyl (C=O) groups excluding carboxylic acids is 2. The Labute approximate surface area is 281 Å². The average molecular weight is 680 g/mol. The predicted molar refractivity (Wildman–Crippen MR) is 183 cm³/mol. The first-order chi connectivity index (χ1) is 22.5. The maximum atomic E-state index is 15.1. The fraction of sp³-hybridized carbons (Fsp3) is 0.278. The summed E-state index contributed by atoms with van der Waals surface area (Å²) in [4.78, 5) is 29.6. The fourth-order valence-electron chi connectivity index (χ4n) is 5.08. The van der Waals surface area contributed by atoms with Crippen LogP contribution in [0, 0.1) is 12.7 Å². The molecular formula is C36H39ClFN3O5S. The van der Waals surface area contributed by atoms with Gasteiger partial charge in [0.2, 0.25) is 11.8 Å². The second-order valence-electron chi connectivity index (χ2n) is 11.1. The molecule has 0 fully saturated rings. The van der Waals surface area contributed by atoms with E-state index in [1.165, 1.54) is 54.5 Å². The van der Waals surface area contributed by atoms with Crippen molar-refractivity contribution in [3.63, 3.8) is 0 Å². The van der Waals surface area contributed by atoms with Crippen molar-refractivity contribution in [2.45, 2.75) is 50.6 Å². The largest absolute Gasteiger partial charge is 0.495 e. The highest BCUT2D eigenvalue weighted by Crippen LogP contribution is 2.35. The topological polar surface area (TPSA) is 96.0 Å². The molecule has 1 N–H and O–H groups in total. The summed E-state index contributed by atoms with van der Waals surface area (Å²) in [6.45, 7) is 3.20. The molecule has 0 saturated heterocycles. The third-order valence-corrected chi connectivity index (χ3v) is 9.71. The zero-order valence-corrected chi connectivity index (χ0v) is 28.2. The number of carbonyl (C=O) groups is 2. The van der Waals surface area contributed by atoms with Crippen molar-refractivity contribution in [1.29, 1.82) is 0 Å². The van der Waals surface area contributed by atoms with Crippen molar-refractivity contribution in [3.8, 4) is 5.75 Å². The number of anilines is 1. The molecule has 0 aliphatic carbocycles. The molecule has 1 atom stereocenters. The highest BCUT2D eigenvalue weighted by atomic mass is 35.5. The number of nitrogens with one attached hydrogen (secondary N) is 1. The van der Waals surface area contributed by atoms with E-state index in [2.05, 4.69) is 5.32 Å². The molecular weight excluding hydrogens is 641 g/mol. The summed E-state index contributed by atoms with van der Waals surface area (Å²) in [5, 5.41) is 3.14. The summed E-state index contributed by atoms with van der Waals surface area (Å²) in [5.41, 5.74) is 1.83. The molecule has 0 aromatic heterocycles. The van der Waals surface area contributed by atoms with Gasteiger partial charge < -0.3 is 15.0 Å². The van der Waals surface area contributed by atoms with E-state index < -0.39 is 40.2 Å². The van der Waals surface area contributed by atoms with E-state index >= 15 is 4.39 Å². The van der Waals surface area contributed by atoms with Crippen LogP contribution in [0.25, 0.3) is 0 Å². The number of amides is 2. The van der Waals surface area contributed by atoms with Crippen LogP contribution in [0.5, 0.6) is 5.75 Å². The van der Waals surface area contributed by atoms with Crippen LogP contribution in [0.1, 0.15) is 36.5 Å². The van der Waals surface area contributed by atoms with Crippen LogP contribution in [0.3, 0.4) is 0 Å². The molecule has 8 nitrogen and oxygen atoms in total. The number of rotatable bonds is 15. The molecule has 0 aliphatic rings. The summed E-state index contributed by atoms with van der Waals surface area (Å²) < 4.78 is 50.1. The molecule has 4 aromatic rings. The minimum absolute atomic E-state index is 0.0340. The number of halogens is 2. The van der Waals surface area contributed by atoms with Crippen LogP contribution in [0.4, 0.5) is 10.1 Å². The maximum Gasteiger partial charge on any atom is 0.264 e. The SMILES string of the molecule is CCCCNC(=O)[C@H](Cc1ccccc1)N(Cc1ccccc1F)C(=O)CN(c1cc(Cl)ccc1OC)S(=O)(=O)c1ccc(C)cc1. The van der Waals surface area contributed by atoms with Gasteiger partial charge in [-0.2, -0.15) is 0 Å². The van der Waals surface area contributed by atoms with Crippen molar-refractivity contribution in [3.05, 3.63) is 125 Å². The number of benzene rings is 4. The Morgan fingerprint density at radius 2 is 1.64 bits per heavy atom. The molecule has 2 amide bonds. The lowest BCUT2D eigenvalue weighted by atomic mass is 10.0. The average Bonchev–Trinajstić information content (AvgIpc) is 3.06. The smallest absolute Gasteiger partial charge is 0.264 e. The van der Waals surface area contributed by atoms with Gasteiger partial charge in [-0.15, -0.1) is 0 Å².